The van der Waals surface area contributed by atoms with Gasteiger partial charge < -0.3 is 14.2 Å². The van der Waals surface area contributed by atoms with Gasteiger partial charge in [0.15, 0.2) is 6.29 Å². The summed E-state index contributed by atoms with van der Waals surface area (Å²) in [7, 11) is 0. The molecule has 3 atom stereocenters. The lowest BCUT2D eigenvalue weighted by molar-refractivity contribution is -0.0735. The molecule has 0 saturated carbocycles. The first kappa shape index (κ1) is 15.4. The van der Waals surface area contributed by atoms with Gasteiger partial charge in [0.2, 0.25) is 0 Å². The largest absolute Gasteiger partial charge is 0.377 e. The Bertz CT molecular complexity index is 385. The third kappa shape index (κ3) is 4.78. The maximum Gasteiger partial charge on any atom is 0.184 e. The van der Waals surface area contributed by atoms with E-state index in [0.717, 1.165) is 5.56 Å². The first-order valence-corrected chi connectivity index (χ1v) is 7.34. The van der Waals surface area contributed by atoms with Gasteiger partial charge in [0.05, 0.1) is 25.2 Å². The van der Waals surface area contributed by atoms with Crippen LogP contribution in [-0.2, 0) is 14.2 Å². The molecule has 0 aliphatic carbocycles. The Morgan fingerprint density at radius 3 is 2.74 bits per heavy atom. The van der Waals surface area contributed by atoms with Crippen LogP contribution in [0.1, 0.15) is 11.9 Å². The van der Waals surface area contributed by atoms with Gasteiger partial charge in [-0.2, -0.15) is 0 Å². The van der Waals surface area contributed by atoms with Crippen LogP contribution in [0.15, 0.2) is 24.3 Å². The summed E-state index contributed by atoms with van der Waals surface area (Å²) in [4.78, 5) is 0. The Labute approximate surface area is 127 Å². The minimum Gasteiger partial charge on any atom is -0.377 e. The number of rotatable bonds is 6. The molecule has 106 valence electrons. The van der Waals surface area contributed by atoms with Crippen molar-refractivity contribution in [3.63, 3.8) is 0 Å². The second-order valence-corrected chi connectivity index (χ2v) is 5.63. The third-order valence-electron chi connectivity index (χ3n) is 2.66. The fourth-order valence-corrected chi connectivity index (χ4v) is 2.01. The fraction of sp³-hybridized carbons (Fsp3) is 0.538. The Morgan fingerprint density at radius 1 is 1.32 bits per heavy atom. The monoisotopic (exact) mass is 324 g/mol. The molecule has 0 N–H and O–H groups in total. The number of halogens is 3. The highest BCUT2D eigenvalue weighted by Gasteiger charge is 2.27. The second kappa shape index (κ2) is 7.67. The van der Waals surface area contributed by atoms with Crippen LogP contribution in [0.3, 0.4) is 0 Å². The summed E-state index contributed by atoms with van der Waals surface area (Å²) < 4.78 is 16.7. The topological polar surface area (TPSA) is 27.7 Å². The average molecular weight is 326 g/mol. The van der Waals surface area contributed by atoms with E-state index in [1.54, 1.807) is 0 Å². The van der Waals surface area contributed by atoms with Crippen molar-refractivity contribution in [2.75, 3.05) is 25.7 Å². The molecular formula is C13H15Cl3O3. The zero-order valence-electron chi connectivity index (χ0n) is 10.2. The van der Waals surface area contributed by atoms with E-state index in [1.165, 1.54) is 0 Å². The van der Waals surface area contributed by atoms with Crippen LogP contribution in [0.25, 0.3) is 0 Å². The predicted octanol–water partition coefficient (Wildman–Crippen LogP) is 3.62. The molecule has 0 radical (unpaired) electrons. The van der Waals surface area contributed by atoms with Crippen molar-refractivity contribution in [2.45, 2.75) is 17.8 Å². The molecule has 0 aromatic heterocycles. The van der Waals surface area contributed by atoms with Crippen LogP contribution in [0.2, 0.25) is 5.02 Å². The summed E-state index contributed by atoms with van der Waals surface area (Å²) in [6.07, 6.45) is -0.439. The smallest absolute Gasteiger partial charge is 0.184 e. The summed E-state index contributed by atoms with van der Waals surface area (Å²) >= 11 is 17.3. The van der Waals surface area contributed by atoms with Gasteiger partial charge in [-0.3, -0.25) is 0 Å². The summed E-state index contributed by atoms with van der Waals surface area (Å²) in [6, 6.07) is 7.40. The molecule has 0 amide bonds. The van der Waals surface area contributed by atoms with Gasteiger partial charge in [-0.05, 0) is 12.1 Å². The molecule has 1 aromatic rings. The van der Waals surface area contributed by atoms with Crippen molar-refractivity contribution in [1.82, 2.24) is 0 Å². The van der Waals surface area contributed by atoms with Gasteiger partial charge in [0.1, 0.15) is 6.10 Å². The highest BCUT2D eigenvalue weighted by atomic mass is 35.5. The Kier molecular flexibility index (Phi) is 6.20. The maximum absolute atomic E-state index is 5.85. The molecule has 19 heavy (non-hydrogen) atoms. The van der Waals surface area contributed by atoms with Crippen LogP contribution in [0, 0.1) is 0 Å². The first-order chi connectivity index (χ1) is 9.19. The molecule has 0 bridgehead atoms. The standard InChI is InChI=1S/C13H15Cl3O3/c14-5-11(16)6-17-7-12-8-18-13(19-12)9-1-3-10(15)4-2-9/h1-4,11-13H,5-8H2/t11-,12-,13-/m1/s1. The van der Waals surface area contributed by atoms with Gasteiger partial charge in [-0.15, -0.1) is 23.2 Å². The molecule has 1 aromatic carbocycles. The first-order valence-electron chi connectivity index (χ1n) is 5.99. The summed E-state index contributed by atoms with van der Waals surface area (Å²) in [5, 5.41) is 0.520. The number of ether oxygens (including phenoxy) is 3. The van der Waals surface area contributed by atoms with E-state index in [-0.39, 0.29) is 17.8 Å². The molecule has 1 fully saturated rings. The number of hydrogen-bond donors (Lipinski definition) is 0. The van der Waals surface area contributed by atoms with Gasteiger partial charge in [-0.25, -0.2) is 0 Å². The van der Waals surface area contributed by atoms with Crippen LogP contribution >= 0.6 is 34.8 Å². The Balaban J connectivity index is 1.75. The lowest BCUT2D eigenvalue weighted by atomic mass is 10.2. The maximum atomic E-state index is 5.85. The zero-order valence-corrected chi connectivity index (χ0v) is 12.5. The fourth-order valence-electron chi connectivity index (χ4n) is 1.70. The van der Waals surface area contributed by atoms with Crippen molar-refractivity contribution in [2.24, 2.45) is 0 Å². The molecule has 6 heteroatoms. The summed E-state index contributed by atoms with van der Waals surface area (Å²) in [6.45, 7) is 1.36. The lowest BCUT2D eigenvalue weighted by Crippen LogP contribution is -2.21. The van der Waals surface area contributed by atoms with Gasteiger partial charge in [0, 0.05) is 16.5 Å². The molecule has 1 heterocycles. The Hall–Kier alpha value is -0.0300. The van der Waals surface area contributed by atoms with Gasteiger partial charge >= 0.3 is 0 Å². The van der Waals surface area contributed by atoms with E-state index >= 15 is 0 Å². The summed E-state index contributed by atoms with van der Waals surface area (Å²) in [5.41, 5.74) is 0.947. The van der Waals surface area contributed by atoms with Crippen molar-refractivity contribution >= 4 is 34.8 Å². The van der Waals surface area contributed by atoms with Crippen molar-refractivity contribution < 1.29 is 14.2 Å². The van der Waals surface area contributed by atoms with E-state index in [1.807, 2.05) is 24.3 Å². The quantitative estimate of drug-likeness (QED) is 0.748. The van der Waals surface area contributed by atoms with Crippen LogP contribution in [0.5, 0.6) is 0 Å². The molecule has 2 rings (SSSR count). The zero-order chi connectivity index (χ0) is 13.7. The predicted molar refractivity (Wildman–Crippen MR) is 76.2 cm³/mol. The SMILES string of the molecule is ClC[C@@H](Cl)COC[C@@H]1CO[C@@H](c2ccc(Cl)cc2)O1. The van der Waals surface area contributed by atoms with Crippen LogP contribution < -0.4 is 0 Å². The van der Waals surface area contributed by atoms with E-state index in [4.69, 9.17) is 49.0 Å². The van der Waals surface area contributed by atoms with Crippen molar-refractivity contribution in [3.05, 3.63) is 34.9 Å². The van der Waals surface area contributed by atoms with Gasteiger partial charge in [0.25, 0.3) is 0 Å². The molecule has 0 unspecified atom stereocenters. The Morgan fingerprint density at radius 2 is 2.05 bits per heavy atom. The van der Waals surface area contributed by atoms with E-state index in [2.05, 4.69) is 0 Å². The van der Waals surface area contributed by atoms with Crippen molar-refractivity contribution in [3.8, 4) is 0 Å². The van der Waals surface area contributed by atoms with Crippen molar-refractivity contribution in [1.29, 1.82) is 0 Å². The minimum atomic E-state index is -0.356. The van der Waals surface area contributed by atoms with Crippen LogP contribution in [-0.4, -0.2) is 37.2 Å². The van der Waals surface area contributed by atoms with E-state index < -0.39 is 0 Å². The highest BCUT2D eigenvalue weighted by molar-refractivity contribution is 6.30. The molecular weight excluding hydrogens is 310 g/mol. The average Bonchev–Trinajstić information content (AvgIpc) is 2.88. The van der Waals surface area contributed by atoms with Crippen LogP contribution in [0.4, 0.5) is 0 Å². The van der Waals surface area contributed by atoms with Gasteiger partial charge in [-0.1, -0.05) is 23.7 Å². The molecule has 1 saturated heterocycles. The molecule has 1 aliphatic heterocycles. The highest BCUT2D eigenvalue weighted by Crippen LogP contribution is 2.27. The molecule has 3 nitrogen and oxygen atoms in total. The molecule has 1 aliphatic rings. The second-order valence-electron chi connectivity index (χ2n) is 4.26. The number of benzene rings is 1. The third-order valence-corrected chi connectivity index (χ3v) is 3.72. The number of hydrogen-bond acceptors (Lipinski definition) is 3. The lowest BCUT2D eigenvalue weighted by Gasteiger charge is -2.13. The van der Waals surface area contributed by atoms with E-state index in [0.29, 0.717) is 30.7 Å². The van der Waals surface area contributed by atoms with E-state index in [9.17, 15) is 0 Å². The molecule has 0 spiro atoms. The normalized spacial score (nSPS) is 24.6. The summed E-state index contributed by atoms with van der Waals surface area (Å²) in [5.74, 6) is 0.372. The number of alkyl halides is 2. The minimum absolute atomic E-state index is 0.0835.